The quantitative estimate of drug-likeness (QED) is 0.480. The molecule has 0 unspecified atom stereocenters. The van der Waals surface area contributed by atoms with Crippen LogP contribution in [-0.2, 0) is 14.3 Å². The third kappa shape index (κ3) is 5.56. The van der Waals surface area contributed by atoms with Crippen molar-refractivity contribution in [2.75, 3.05) is 11.9 Å². The van der Waals surface area contributed by atoms with Crippen molar-refractivity contribution in [3.05, 3.63) is 67.9 Å². The number of anilines is 1. The lowest BCUT2D eigenvalue weighted by atomic mass is 10.2. The summed E-state index contributed by atoms with van der Waals surface area (Å²) in [5.41, 5.74) is 1.20. The Morgan fingerprint density at radius 1 is 1.27 bits per heavy atom. The van der Waals surface area contributed by atoms with Gasteiger partial charge in [-0.25, -0.2) is 9.18 Å². The molecule has 0 fully saturated rings. The molecule has 0 bridgehead atoms. The number of ether oxygens (including phenoxy) is 1. The van der Waals surface area contributed by atoms with E-state index in [4.69, 9.17) is 27.9 Å². The number of halogens is 4. The molecule has 2 aromatic rings. The maximum absolute atomic E-state index is 13.6. The van der Waals surface area contributed by atoms with Gasteiger partial charge in [0.25, 0.3) is 5.91 Å². The second-order valence-electron chi connectivity index (χ2n) is 5.21. The SMILES string of the molecule is Cc1ccc(Cl)c(NC(=O)COC(=O)/C=C/c2cc(Br)ccc2F)c1Cl. The molecular formula is C18H13BrCl2FNO3. The Morgan fingerprint density at radius 3 is 2.73 bits per heavy atom. The largest absolute Gasteiger partial charge is 0.452 e. The molecular weight excluding hydrogens is 448 g/mol. The molecule has 0 aliphatic carbocycles. The molecule has 0 aromatic heterocycles. The summed E-state index contributed by atoms with van der Waals surface area (Å²) in [5, 5.41) is 3.07. The summed E-state index contributed by atoms with van der Waals surface area (Å²) in [6.07, 6.45) is 2.29. The van der Waals surface area contributed by atoms with Crippen LogP contribution in [0.25, 0.3) is 6.08 Å². The molecule has 0 heterocycles. The average molecular weight is 461 g/mol. The summed E-state index contributed by atoms with van der Waals surface area (Å²) in [7, 11) is 0. The maximum atomic E-state index is 13.6. The fourth-order valence-corrected chi connectivity index (χ4v) is 2.78. The number of rotatable bonds is 5. The Labute approximate surface area is 168 Å². The number of benzene rings is 2. The van der Waals surface area contributed by atoms with Crippen molar-refractivity contribution in [2.24, 2.45) is 0 Å². The lowest BCUT2D eigenvalue weighted by Gasteiger charge is -2.11. The van der Waals surface area contributed by atoms with E-state index < -0.39 is 24.3 Å². The first-order chi connectivity index (χ1) is 12.3. The van der Waals surface area contributed by atoms with Crippen molar-refractivity contribution in [3.8, 4) is 0 Å². The molecule has 0 spiro atoms. The summed E-state index contributed by atoms with van der Waals surface area (Å²) < 4.78 is 19.1. The van der Waals surface area contributed by atoms with Crippen molar-refractivity contribution in [1.29, 1.82) is 0 Å². The van der Waals surface area contributed by atoms with Crippen LogP contribution in [0.1, 0.15) is 11.1 Å². The van der Waals surface area contributed by atoms with E-state index in [0.29, 0.717) is 9.50 Å². The van der Waals surface area contributed by atoms with Gasteiger partial charge in [-0.1, -0.05) is 45.2 Å². The van der Waals surface area contributed by atoms with Crippen LogP contribution in [0.4, 0.5) is 10.1 Å². The summed E-state index contributed by atoms with van der Waals surface area (Å²) in [4.78, 5) is 23.6. The number of hydrogen-bond donors (Lipinski definition) is 1. The molecule has 1 N–H and O–H groups in total. The highest BCUT2D eigenvalue weighted by Gasteiger charge is 2.13. The Morgan fingerprint density at radius 2 is 2.00 bits per heavy atom. The van der Waals surface area contributed by atoms with Gasteiger partial charge in [0, 0.05) is 16.1 Å². The highest BCUT2D eigenvalue weighted by molar-refractivity contribution is 9.10. The number of carbonyl (C=O) groups excluding carboxylic acids is 2. The fraction of sp³-hybridized carbons (Fsp3) is 0.111. The van der Waals surface area contributed by atoms with Gasteiger partial charge in [-0.3, -0.25) is 4.79 Å². The van der Waals surface area contributed by atoms with Crippen molar-refractivity contribution in [1.82, 2.24) is 0 Å². The smallest absolute Gasteiger partial charge is 0.331 e. The summed E-state index contributed by atoms with van der Waals surface area (Å²) in [6.45, 7) is 1.23. The fourth-order valence-electron chi connectivity index (χ4n) is 1.93. The molecule has 2 rings (SSSR count). The standard InChI is InChI=1S/C18H13BrCl2FNO3/c1-10-2-5-13(20)18(17(10)21)23-15(24)9-26-16(25)7-3-11-8-12(19)4-6-14(11)22/h2-8H,9H2,1H3,(H,23,24)/b7-3+. The minimum Gasteiger partial charge on any atom is -0.452 e. The zero-order valence-electron chi connectivity index (χ0n) is 13.5. The number of aryl methyl sites for hydroxylation is 1. The molecule has 0 aliphatic rings. The second-order valence-corrected chi connectivity index (χ2v) is 6.91. The average Bonchev–Trinajstić information content (AvgIpc) is 2.61. The first-order valence-electron chi connectivity index (χ1n) is 7.32. The Hall–Kier alpha value is -1.89. The van der Waals surface area contributed by atoms with E-state index in [1.165, 1.54) is 24.3 Å². The van der Waals surface area contributed by atoms with E-state index in [-0.39, 0.29) is 16.3 Å². The molecule has 26 heavy (non-hydrogen) atoms. The molecule has 0 atom stereocenters. The van der Waals surface area contributed by atoms with E-state index >= 15 is 0 Å². The van der Waals surface area contributed by atoms with Gasteiger partial charge in [0.05, 0.1) is 15.7 Å². The number of amides is 1. The monoisotopic (exact) mass is 459 g/mol. The van der Waals surface area contributed by atoms with Gasteiger partial charge >= 0.3 is 5.97 Å². The van der Waals surface area contributed by atoms with Gasteiger partial charge in [0.1, 0.15) is 5.82 Å². The van der Waals surface area contributed by atoms with Crippen LogP contribution >= 0.6 is 39.1 Å². The van der Waals surface area contributed by atoms with Gasteiger partial charge in [-0.05, 0) is 42.8 Å². The highest BCUT2D eigenvalue weighted by Crippen LogP contribution is 2.32. The van der Waals surface area contributed by atoms with E-state index in [1.807, 2.05) is 0 Å². The van der Waals surface area contributed by atoms with E-state index in [0.717, 1.165) is 11.6 Å². The zero-order valence-corrected chi connectivity index (χ0v) is 16.6. The lowest BCUT2D eigenvalue weighted by molar-refractivity contribution is -0.142. The summed E-state index contributed by atoms with van der Waals surface area (Å²) in [5.74, 6) is -1.88. The number of esters is 1. The van der Waals surface area contributed by atoms with E-state index in [9.17, 15) is 14.0 Å². The molecule has 0 radical (unpaired) electrons. The first kappa shape index (κ1) is 20.4. The van der Waals surface area contributed by atoms with Gasteiger partial charge < -0.3 is 10.1 Å². The van der Waals surface area contributed by atoms with Crippen molar-refractivity contribution < 1.29 is 18.7 Å². The minimum atomic E-state index is -0.791. The predicted molar refractivity (Wildman–Crippen MR) is 104 cm³/mol. The number of carbonyl (C=O) groups is 2. The molecule has 0 saturated carbocycles. The second kappa shape index (κ2) is 9.16. The molecule has 1 amide bonds. The third-order valence-electron chi connectivity index (χ3n) is 3.25. The Balaban J connectivity index is 1.93. The van der Waals surface area contributed by atoms with Crippen molar-refractivity contribution in [3.63, 3.8) is 0 Å². The highest BCUT2D eigenvalue weighted by atomic mass is 79.9. The number of nitrogens with one attached hydrogen (secondary N) is 1. The van der Waals surface area contributed by atoms with Gasteiger partial charge in [-0.15, -0.1) is 0 Å². The van der Waals surface area contributed by atoms with Gasteiger partial charge in [0.15, 0.2) is 6.61 Å². The lowest BCUT2D eigenvalue weighted by Crippen LogP contribution is -2.20. The third-order valence-corrected chi connectivity index (χ3v) is 4.55. The molecule has 4 nitrogen and oxygen atoms in total. The number of hydrogen-bond acceptors (Lipinski definition) is 3. The van der Waals surface area contributed by atoms with Crippen molar-refractivity contribution in [2.45, 2.75) is 6.92 Å². The minimum absolute atomic E-state index is 0.208. The molecule has 0 aliphatic heterocycles. The van der Waals surface area contributed by atoms with Crippen LogP contribution in [0.5, 0.6) is 0 Å². The maximum Gasteiger partial charge on any atom is 0.331 e. The first-order valence-corrected chi connectivity index (χ1v) is 8.87. The topological polar surface area (TPSA) is 55.4 Å². The van der Waals surface area contributed by atoms with Crippen LogP contribution in [0.2, 0.25) is 10.0 Å². The van der Waals surface area contributed by atoms with Crippen molar-refractivity contribution >= 4 is 62.8 Å². The Bertz CT molecular complexity index is 887. The molecule has 2 aromatic carbocycles. The van der Waals surface area contributed by atoms with E-state index in [2.05, 4.69) is 21.2 Å². The van der Waals surface area contributed by atoms with Gasteiger partial charge in [-0.2, -0.15) is 0 Å². The summed E-state index contributed by atoms with van der Waals surface area (Å²) in [6, 6.07) is 7.62. The normalized spacial score (nSPS) is 10.8. The van der Waals surface area contributed by atoms with Gasteiger partial charge in [0.2, 0.25) is 0 Å². The van der Waals surface area contributed by atoms with Crippen LogP contribution in [0, 0.1) is 12.7 Å². The van der Waals surface area contributed by atoms with E-state index in [1.54, 1.807) is 19.1 Å². The summed E-state index contributed by atoms with van der Waals surface area (Å²) >= 11 is 15.3. The Kier molecular flexibility index (Phi) is 7.20. The molecule has 8 heteroatoms. The van der Waals surface area contributed by atoms with Crippen LogP contribution in [-0.4, -0.2) is 18.5 Å². The zero-order chi connectivity index (χ0) is 19.3. The van der Waals surface area contributed by atoms with Crippen LogP contribution in [0.3, 0.4) is 0 Å². The predicted octanol–water partition coefficient (Wildman–Crippen LogP) is 5.40. The van der Waals surface area contributed by atoms with Crippen LogP contribution < -0.4 is 5.32 Å². The molecule has 136 valence electrons. The van der Waals surface area contributed by atoms with Crippen LogP contribution in [0.15, 0.2) is 40.9 Å². The molecule has 0 saturated heterocycles.